The molecule has 10 heavy (non-hydrogen) atoms. The highest BCUT2D eigenvalue weighted by Crippen LogP contribution is 2.02. The molecule has 0 unspecified atom stereocenters. The van der Waals surface area contributed by atoms with Gasteiger partial charge in [-0.25, -0.2) is 5.01 Å². The summed E-state index contributed by atoms with van der Waals surface area (Å²) in [7, 11) is 3.79. The van der Waals surface area contributed by atoms with E-state index in [9.17, 15) is 0 Å². The molecule has 1 rings (SSSR count). The van der Waals surface area contributed by atoms with Crippen molar-refractivity contribution in [2.24, 2.45) is 0 Å². The lowest BCUT2D eigenvalue weighted by Gasteiger charge is -2.24. The van der Waals surface area contributed by atoms with Gasteiger partial charge >= 0.3 is 0 Å². The highest BCUT2D eigenvalue weighted by Gasteiger charge is 2.08. The largest absolute Gasteiger partial charge is 0.383 e. The van der Waals surface area contributed by atoms with Gasteiger partial charge in [0.15, 0.2) is 0 Å². The first-order chi connectivity index (χ1) is 4.84. The molecule has 0 saturated carbocycles. The molecule has 0 radical (unpaired) electrons. The minimum atomic E-state index is 0.786. The van der Waals surface area contributed by atoms with Gasteiger partial charge in [-0.1, -0.05) is 6.08 Å². The van der Waals surface area contributed by atoms with E-state index in [4.69, 9.17) is 4.74 Å². The van der Waals surface area contributed by atoms with E-state index in [-0.39, 0.29) is 0 Å². The summed E-state index contributed by atoms with van der Waals surface area (Å²) in [6.07, 6.45) is 4.22. The Balaban J connectivity index is 2.20. The van der Waals surface area contributed by atoms with Crippen molar-refractivity contribution in [2.45, 2.75) is 0 Å². The van der Waals surface area contributed by atoms with Crippen LogP contribution in [0.25, 0.3) is 0 Å². The molecule has 1 aliphatic heterocycles. The SMILES string of the molecule is COCCN1C=CCN1C. The molecule has 0 aromatic rings. The maximum absolute atomic E-state index is 4.95. The monoisotopic (exact) mass is 142 g/mol. The van der Waals surface area contributed by atoms with Crippen molar-refractivity contribution in [2.75, 3.05) is 33.9 Å². The highest BCUT2D eigenvalue weighted by atomic mass is 16.5. The second-order valence-electron chi connectivity index (χ2n) is 2.38. The summed E-state index contributed by atoms with van der Waals surface area (Å²) in [5.74, 6) is 0. The summed E-state index contributed by atoms with van der Waals surface area (Å²) in [5, 5.41) is 4.29. The van der Waals surface area contributed by atoms with E-state index in [0.717, 1.165) is 19.7 Å². The Kier molecular flexibility index (Phi) is 2.71. The quantitative estimate of drug-likeness (QED) is 0.564. The molecular weight excluding hydrogens is 128 g/mol. The van der Waals surface area contributed by atoms with Crippen molar-refractivity contribution in [3.63, 3.8) is 0 Å². The number of likely N-dealkylation sites (N-methyl/N-ethyl adjacent to an activating group) is 1. The Morgan fingerprint density at radius 2 is 2.40 bits per heavy atom. The topological polar surface area (TPSA) is 15.7 Å². The Labute approximate surface area is 61.8 Å². The number of nitrogens with zero attached hydrogens (tertiary/aromatic N) is 2. The summed E-state index contributed by atoms with van der Waals surface area (Å²) in [6, 6.07) is 0. The van der Waals surface area contributed by atoms with Crippen molar-refractivity contribution in [3.8, 4) is 0 Å². The van der Waals surface area contributed by atoms with Crippen LogP contribution in [0.15, 0.2) is 12.3 Å². The molecule has 58 valence electrons. The second-order valence-corrected chi connectivity index (χ2v) is 2.38. The van der Waals surface area contributed by atoms with Gasteiger partial charge in [0.25, 0.3) is 0 Å². The van der Waals surface area contributed by atoms with Gasteiger partial charge in [-0.15, -0.1) is 0 Å². The predicted octanol–water partition coefficient (Wildman–Crippen LogP) is 0.309. The normalized spacial score (nSPS) is 18.8. The minimum Gasteiger partial charge on any atom is -0.383 e. The molecule has 3 nitrogen and oxygen atoms in total. The molecule has 0 bridgehead atoms. The third-order valence-electron chi connectivity index (χ3n) is 1.61. The Bertz CT molecular complexity index is 125. The molecule has 0 aromatic heterocycles. The van der Waals surface area contributed by atoms with Crippen LogP contribution in [0.1, 0.15) is 0 Å². The molecule has 1 aliphatic rings. The van der Waals surface area contributed by atoms with Crippen LogP contribution >= 0.6 is 0 Å². The summed E-state index contributed by atoms with van der Waals surface area (Å²) in [5.41, 5.74) is 0. The minimum absolute atomic E-state index is 0.786. The molecule has 3 heteroatoms. The van der Waals surface area contributed by atoms with Crippen LogP contribution in [0.2, 0.25) is 0 Å². The second kappa shape index (κ2) is 3.58. The number of rotatable bonds is 3. The van der Waals surface area contributed by atoms with Crippen LogP contribution in [0.5, 0.6) is 0 Å². The van der Waals surface area contributed by atoms with Gasteiger partial charge in [-0.2, -0.15) is 0 Å². The molecule has 0 saturated heterocycles. The molecular formula is C7H14N2O. The first kappa shape index (κ1) is 7.57. The number of hydrogen-bond acceptors (Lipinski definition) is 3. The number of hydrogen-bond donors (Lipinski definition) is 0. The van der Waals surface area contributed by atoms with E-state index in [1.54, 1.807) is 7.11 Å². The van der Waals surface area contributed by atoms with Gasteiger partial charge in [-0.3, -0.25) is 0 Å². The average Bonchev–Trinajstić information content (AvgIpc) is 2.31. The zero-order chi connectivity index (χ0) is 7.40. The molecule has 0 aliphatic carbocycles. The van der Waals surface area contributed by atoms with Gasteiger partial charge in [0.05, 0.1) is 13.2 Å². The first-order valence-electron chi connectivity index (χ1n) is 3.48. The van der Waals surface area contributed by atoms with Crippen LogP contribution in [0.3, 0.4) is 0 Å². The maximum Gasteiger partial charge on any atom is 0.0653 e. The molecule has 0 amide bonds. The lowest BCUT2D eigenvalue weighted by Crippen LogP contribution is -2.33. The molecule has 1 heterocycles. The van der Waals surface area contributed by atoms with Gasteiger partial charge in [0.1, 0.15) is 0 Å². The van der Waals surface area contributed by atoms with Crippen molar-refractivity contribution < 1.29 is 4.74 Å². The van der Waals surface area contributed by atoms with Gasteiger partial charge < -0.3 is 9.75 Å². The zero-order valence-electron chi connectivity index (χ0n) is 6.58. The fraction of sp³-hybridized carbons (Fsp3) is 0.714. The van der Waals surface area contributed by atoms with Crippen LogP contribution in [0, 0.1) is 0 Å². The fourth-order valence-electron chi connectivity index (χ4n) is 0.970. The van der Waals surface area contributed by atoms with E-state index in [1.165, 1.54) is 0 Å². The van der Waals surface area contributed by atoms with E-state index in [1.807, 2.05) is 0 Å². The number of hydrazine groups is 1. The van der Waals surface area contributed by atoms with Crippen molar-refractivity contribution in [1.82, 2.24) is 10.0 Å². The first-order valence-corrected chi connectivity index (χ1v) is 3.48. The van der Waals surface area contributed by atoms with Crippen molar-refractivity contribution in [1.29, 1.82) is 0 Å². The van der Waals surface area contributed by atoms with Crippen molar-refractivity contribution >= 4 is 0 Å². The van der Waals surface area contributed by atoms with E-state index < -0.39 is 0 Å². The smallest absolute Gasteiger partial charge is 0.0653 e. The predicted molar refractivity (Wildman–Crippen MR) is 40.4 cm³/mol. The number of methoxy groups -OCH3 is 1. The molecule has 0 spiro atoms. The Morgan fingerprint density at radius 3 is 2.90 bits per heavy atom. The summed E-state index contributed by atoms with van der Waals surface area (Å²) < 4.78 is 4.95. The molecule has 0 N–H and O–H groups in total. The van der Waals surface area contributed by atoms with Crippen LogP contribution in [-0.4, -0.2) is 43.9 Å². The average molecular weight is 142 g/mol. The third kappa shape index (κ3) is 1.72. The van der Waals surface area contributed by atoms with Crippen molar-refractivity contribution in [3.05, 3.63) is 12.3 Å². The molecule has 0 atom stereocenters. The molecule has 0 aromatic carbocycles. The van der Waals surface area contributed by atoms with E-state index >= 15 is 0 Å². The fourth-order valence-corrected chi connectivity index (χ4v) is 0.970. The zero-order valence-corrected chi connectivity index (χ0v) is 6.58. The van der Waals surface area contributed by atoms with Crippen LogP contribution < -0.4 is 0 Å². The van der Waals surface area contributed by atoms with E-state index in [0.29, 0.717) is 0 Å². The summed E-state index contributed by atoms with van der Waals surface area (Å²) >= 11 is 0. The Hall–Kier alpha value is -0.540. The van der Waals surface area contributed by atoms with Gasteiger partial charge in [-0.05, 0) is 0 Å². The third-order valence-corrected chi connectivity index (χ3v) is 1.61. The van der Waals surface area contributed by atoms with Crippen LogP contribution in [0.4, 0.5) is 0 Å². The summed E-state index contributed by atoms with van der Waals surface area (Å²) in [4.78, 5) is 0. The molecule has 0 fully saturated rings. The standard InChI is InChI=1S/C7H14N2O/c1-8-4-3-5-9(8)6-7-10-2/h3,5H,4,6-7H2,1-2H3. The van der Waals surface area contributed by atoms with E-state index in [2.05, 4.69) is 29.3 Å². The van der Waals surface area contributed by atoms with Crippen LogP contribution in [-0.2, 0) is 4.74 Å². The lowest BCUT2D eigenvalue weighted by molar-refractivity contribution is 0.0522. The number of ether oxygens (including phenoxy) is 1. The Morgan fingerprint density at radius 1 is 1.60 bits per heavy atom. The van der Waals surface area contributed by atoms with Gasteiger partial charge in [0.2, 0.25) is 0 Å². The maximum atomic E-state index is 4.95. The summed E-state index contributed by atoms with van der Waals surface area (Å²) in [6.45, 7) is 2.75. The highest BCUT2D eigenvalue weighted by molar-refractivity contribution is 4.89. The van der Waals surface area contributed by atoms with Gasteiger partial charge in [0, 0.05) is 26.9 Å². The lowest BCUT2D eigenvalue weighted by atomic mass is 10.6.